The number of para-hydroxylation sites is 2. The van der Waals surface area contributed by atoms with Crippen LogP contribution in [0.15, 0.2) is 79.0 Å². The van der Waals surface area contributed by atoms with Crippen LogP contribution in [-0.4, -0.2) is 4.57 Å². The zero-order valence-corrected chi connectivity index (χ0v) is 13.4. The van der Waals surface area contributed by atoms with Gasteiger partial charge in [-0.25, -0.2) is 0 Å². The molecule has 0 aliphatic rings. The van der Waals surface area contributed by atoms with Crippen LogP contribution < -0.4 is 4.57 Å². The molecular formula is C21H19N2+. The highest BCUT2D eigenvalue weighted by molar-refractivity contribution is 5.92. The van der Waals surface area contributed by atoms with Gasteiger partial charge in [0.05, 0.1) is 5.52 Å². The zero-order valence-electron chi connectivity index (χ0n) is 13.4. The van der Waals surface area contributed by atoms with Crippen molar-refractivity contribution in [2.75, 3.05) is 0 Å². The molecule has 0 radical (unpaired) electrons. The number of fused-ring (bicyclic) bond motifs is 1. The molecule has 0 saturated heterocycles. The number of benzene rings is 2. The van der Waals surface area contributed by atoms with Gasteiger partial charge in [-0.2, -0.15) is 4.57 Å². The summed E-state index contributed by atoms with van der Waals surface area (Å²) in [7, 11) is 2.10. The third kappa shape index (κ3) is 2.15. The van der Waals surface area contributed by atoms with Crippen LogP contribution in [0, 0.1) is 6.92 Å². The molecule has 4 rings (SSSR count). The third-order valence-corrected chi connectivity index (χ3v) is 4.44. The monoisotopic (exact) mass is 299 g/mol. The SMILES string of the molecule is Cc1c(-c2cccc[n+]2C)n(-c2ccccc2)c2ccccc12. The molecule has 0 unspecified atom stereocenters. The summed E-state index contributed by atoms with van der Waals surface area (Å²) in [6.07, 6.45) is 2.10. The van der Waals surface area contributed by atoms with E-state index in [0.717, 1.165) is 0 Å². The van der Waals surface area contributed by atoms with E-state index in [-0.39, 0.29) is 0 Å². The lowest BCUT2D eigenvalue weighted by Gasteiger charge is -2.10. The molecule has 2 heteroatoms. The summed E-state index contributed by atoms with van der Waals surface area (Å²) in [5, 5.41) is 1.30. The number of pyridine rings is 1. The molecule has 0 amide bonds. The van der Waals surface area contributed by atoms with Crippen LogP contribution >= 0.6 is 0 Å². The van der Waals surface area contributed by atoms with Gasteiger partial charge >= 0.3 is 0 Å². The minimum atomic E-state index is 1.19. The molecule has 0 N–H and O–H groups in total. The number of aryl methyl sites for hydroxylation is 2. The van der Waals surface area contributed by atoms with Crippen molar-refractivity contribution in [3.05, 3.63) is 84.6 Å². The first-order valence-electron chi connectivity index (χ1n) is 7.88. The van der Waals surface area contributed by atoms with Crippen molar-refractivity contribution in [2.24, 2.45) is 7.05 Å². The lowest BCUT2D eigenvalue weighted by atomic mass is 10.1. The Morgan fingerprint density at radius 2 is 1.48 bits per heavy atom. The fourth-order valence-corrected chi connectivity index (χ4v) is 3.32. The minimum Gasteiger partial charge on any atom is -0.304 e. The van der Waals surface area contributed by atoms with E-state index in [2.05, 4.69) is 102 Å². The summed E-state index contributed by atoms with van der Waals surface area (Å²) < 4.78 is 4.54. The number of hydrogen-bond donors (Lipinski definition) is 0. The first kappa shape index (κ1) is 13.8. The van der Waals surface area contributed by atoms with Crippen LogP contribution in [0.4, 0.5) is 0 Å². The molecule has 2 heterocycles. The second-order valence-electron chi connectivity index (χ2n) is 5.86. The van der Waals surface area contributed by atoms with Crippen molar-refractivity contribution < 1.29 is 4.57 Å². The molecule has 23 heavy (non-hydrogen) atoms. The molecule has 0 bridgehead atoms. The van der Waals surface area contributed by atoms with Crippen molar-refractivity contribution in [2.45, 2.75) is 6.92 Å². The van der Waals surface area contributed by atoms with Crippen LogP contribution in [0.25, 0.3) is 28.0 Å². The van der Waals surface area contributed by atoms with Gasteiger partial charge in [0.15, 0.2) is 6.20 Å². The zero-order chi connectivity index (χ0) is 15.8. The molecule has 0 saturated carbocycles. The van der Waals surface area contributed by atoms with Gasteiger partial charge in [0.25, 0.3) is 0 Å². The van der Waals surface area contributed by atoms with E-state index in [4.69, 9.17) is 0 Å². The Balaban J connectivity index is 2.16. The first-order chi connectivity index (χ1) is 11.3. The molecule has 0 aliphatic carbocycles. The van der Waals surface area contributed by atoms with Crippen LogP contribution in [0.5, 0.6) is 0 Å². The minimum absolute atomic E-state index is 1.19. The maximum atomic E-state index is 2.36. The Bertz CT molecular complexity index is 981. The van der Waals surface area contributed by atoms with Crippen molar-refractivity contribution in [1.82, 2.24) is 4.57 Å². The molecule has 4 aromatic rings. The average Bonchev–Trinajstić information content (AvgIpc) is 2.89. The Hall–Kier alpha value is -2.87. The summed E-state index contributed by atoms with van der Waals surface area (Å²) in [5.41, 5.74) is 6.21. The third-order valence-electron chi connectivity index (χ3n) is 4.44. The topological polar surface area (TPSA) is 8.81 Å². The summed E-state index contributed by atoms with van der Waals surface area (Å²) in [5.74, 6) is 0. The number of nitrogens with zero attached hydrogens (tertiary/aromatic N) is 2. The number of hydrogen-bond acceptors (Lipinski definition) is 0. The van der Waals surface area contributed by atoms with E-state index in [1.165, 1.54) is 33.5 Å². The molecular weight excluding hydrogens is 280 g/mol. The maximum Gasteiger partial charge on any atom is 0.229 e. The lowest BCUT2D eigenvalue weighted by molar-refractivity contribution is -0.660. The van der Waals surface area contributed by atoms with E-state index in [1.54, 1.807) is 0 Å². The normalized spacial score (nSPS) is 11.0. The Labute approximate surface area is 136 Å². The predicted molar refractivity (Wildman–Crippen MR) is 94.6 cm³/mol. The quantitative estimate of drug-likeness (QED) is 0.484. The lowest BCUT2D eigenvalue weighted by Crippen LogP contribution is -2.30. The highest BCUT2D eigenvalue weighted by Crippen LogP contribution is 2.34. The van der Waals surface area contributed by atoms with E-state index in [9.17, 15) is 0 Å². The highest BCUT2D eigenvalue weighted by atomic mass is 15.0. The van der Waals surface area contributed by atoms with Crippen LogP contribution in [0.3, 0.4) is 0 Å². The molecule has 0 spiro atoms. The van der Waals surface area contributed by atoms with Crippen molar-refractivity contribution >= 4 is 10.9 Å². The van der Waals surface area contributed by atoms with Gasteiger partial charge in [-0.3, -0.25) is 0 Å². The summed E-state index contributed by atoms with van der Waals surface area (Å²) in [6.45, 7) is 2.21. The highest BCUT2D eigenvalue weighted by Gasteiger charge is 2.21. The smallest absolute Gasteiger partial charge is 0.229 e. The van der Waals surface area contributed by atoms with Crippen LogP contribution in [0.2, 0.25) is 0 Å². The second-order valence-corrected chi connectivity index (χ2v) is 5.86. The van der Waals surface area contributed by atoms with Gasteiger partial charge in [-0.05, 0) is 36.8 Å². The van der Waals surface area contributed by atoms with Crippen molar-refractivity contribution in [3.8, 4) is 17.1 Å². The molecule has 0 atom stereocenters. The van der Waals surface area contributed by atoms with Gasteiger partial charge in [0.1, 0.15) is 12.7 Å². The Morgan fingerprint density at radius 3 is 2.26 bits per heavy atom. The maximum absolute atomic E-state index is 2.36. The fourth-order valence-electron chi connectivity index (χ4n) is 3.32. The standard InChI is InChI=1S/C21H19N2/c1-16-18-12-6-7-13-19(18)23(17-10-4-3-5-11-17)21(16)20-14-8-9-15-22(20)2/h3-15H,1-2H3/q+1. The van der Waals surface area contributed by atoms with Crippen LogP contribution in [-0.2, 0) is 7.05 Å². The van der Waals surface area contributed by atoms with Gasteiger partial charge in [0.2, 0.25) is 5.69 Å². The number of rotatable bonds is 2. The Kier molecular flexibility index (Phi) is 3.23. The molecule has 0 fully saturated rings. The number of aromatic nitrogens is 2. The van der Waals surface area contributed by atoms with Crippen molar-refractivity contribution in [1.29, 1.82) is 0 Å². The van der Waals surface area contributed by atoms with E-state index in [0.29, 0.717) is 0 Å². The molecule has 2 aromatic heterocycles. The van der Waals surface area contributed by atoms with E-state index >= 15 is 0 Å². The van der Waals surface area contributed by atoms with E-state index in [1.807, 2.05) is 0 Å². The van der Waals surface area contributed by atoms with E-state index < -0.39 is 0 Å². The van der Waals surface area contributed by atoms with Gasteiger partial charge in [-0.1, -0.05) is 36.4 Å². The molecule has 2 nitrogen and oxygen atoms in total. The molecule has 2 aromatic carbocycles. The fraction of sp³-hybridized carbons (Fsp3) is 0.0952. The predicted octanol–water partition coefficient (Wildman–Crippen LogP) is 4.43. The second kappa shape index (κ2) is 5.40. The Morgan fingerprint density at radius 1 is 0.783 bits per heavy atom. The average molecular weight is 299 g/mol. The summed E-state index contributed by atoms with van der Waals surface area (Å²) >= 11 is 0. The van der Waals surface area contributed by atoms with Gasteiger partial charge in [-0.15, -0.1) is 0 Å². The van der Waals surface area contributed by atoms with Crippen LogP contribution in [0.1, 0.15) is 5.56 Å². The molecule has 0 aliphatic heterocycles. The van der Waals surface area contributed by atoms with Gasteiger partial charge < -0.3 is 4.57 Å². The van der Waals surface area contributed by atoms with Gasteiger partial charge in [0, 0.05) is 23.2 Å². The summed E-state index contributed by atoms with van der Waals surface area (Å²) in [6, 6.07) is 25.5. The largest absolute Gasteiger partial charge is 0.304 e. The first-order valence-corrected chi connectivity index (χ1v) is 7.88. The molecule has 112 valence electrons. The summed E-state index contributed by atoms with van der Waals surface area (Å²) in [4.78, 5) is 0. The van der Waals surface area contributed by atoms with Crippen molar-refractivity contribution in [3.63, 3.8) is 0 Å².